The van der Waals surface area contributed by atoms with Crippen LogP contribution in [0, 0.1) is 6.92 Å². The van der Waals surface area contributed by atoms with Crippen LogP contribution in [0.2, 0.25) is 0 Å². The predicted octanol–water partition coefficient (Wildman–Crippen LogP) is 4.10. The van der Waals surface area contributed by atoms with Crippen LogP contribution in [0.4, 0.5) is 0 Å². The van der Waals surface area contributed by atoms with Crippen molar-refractivity contribution in [1.82, 2.24) is 10.3 Å². The van der Waals surface area contributed by atoms with E-state index in [9.17, 15) is 4.79 Å². The Balaban J connectivity index is 1.45. The molecule has 2 aromatic carbocycles. The van der Waals surface area contributed by atoms with Gasteiger partial charge in [0.15, 0.2) is 6.61 Å². The van der Waals surface area contributed by atoms with Crippen molar-refractivity contribution in [2.75, 3.05) is 13.2 Å². The molecule has 0 aliphatic carbocycles. The molecular formula is C18H17BrN2O2S. The number of para-hydroxylation sites is 1. The summed E-state index contributed by atoms with van der Waals surface area (Å²) < 4.78 is 7.56. The first kappa shape index (κ1) is 16.9. The normalized spacial score (nSPS) is 10.8. The highest BCUT2D eigenvalue weighted by molar-refractivity contribution is 9.10. The highest BCUT2D eigenvalue weighted by Gasteiger charge is 2.07. The number of carbonyl (C=O) groups excluding carboxylic acids is 1. The predicted molar refractivity (Wildman–Crippen MR) is 101 cm³/mol. The number of aryl methyl sites for hydroxylation is 1. The molecule has 0 aliphatic heterocycles. The maximum atomic E-state index is 11.9. The van der Waals surface area contributed by atoms with Crippen LogP contribution in [0.25, 0.3) is 10.2 Å². The molecule has 0 fully saturated rings. The number of halogens is 1. The van der Waals surface area contributed by atoms with Crippen LogP contribution in [-0.4, -0.2) is 24.0 Å². The molecule has 0 saturated carbocycles. The van der Waals surface area contributed by atoms with Crippen molar-refractivity contribution in [2.45, 2.75) is 13.3 Å². The second kappa shape index (κ2) is 7.77. The van der Waals surface area contributed by atoms with Crippen LogP contribution in [0.3, 0.4) is 0 Å². The minimum absolute atomic E-state index is 0.00149. The molecule has 124 valence electrons. The summed E-state index contributed by atoms with van der Waals surface area (Å²) in [6.45, 7) is 2.56. The summed E-state index contributed by atoms with van der Waals surface area (Å²) in [6, 6.07) is 13.8. The van der Waals surface area contributed by atoms with E-state index < -0.39 is 0 Å². The van der Waals surface area contributed by atoms with Gasteiger partial charge in [-0.25, -0.2) is 4.98 Å². The van der Waals surface area contributed by atoms with Gasteiger partial charge in [0, 0.05) is 13.0 Å². The zero-order chi connectivity index (χ0) is 16.9. The molecule has 1 heterocycles. The third kappa shape index (κ3) is 4.33. The Morgan fingerprint density at radius 1 is 1.29 bits per heavy atom. The summed E-state index contributed by atoms with van der Waals surface area (Å²) in [7, 11) is 0. The van der Waals surface area contributed by atoms with E-state index in [0.29, 0.717) is 12.3 Å². The third-order valence-corrected chi connectivity index (χ3v) is 5.16. The standard InChI is InChI=1S/C18H17BrN2O2S/c1-12-6-7-15(13(19)10-12)23-11-17(22)20-9-8-18-21-14-4-2-3-5-16(14)24-18/h2-7,10H,8-9,11H2,1H3,(H,20,22). The van der Waals surface area contributed by atoms with Gasteiger partial charge < -0.3 is 10.1 Å². The SMILES string of the molecule is Cc1ccc(OCC(=O)NCCc2nc3ccccc3s2)c(Br)c1. The molecule has 0 unspecified atom stereocenters. The summed E-state index contributed by atoms with van der Waals surface area (Å²) in [5, 5.41) is 3.89. The minimum atomic E-state index is -0.136. The molecule has 1 aromatic heterocycles. The van der Waals surface area contributed by atoms with Gasteiger partial charge in [0.05, 0.1) is 19.7 Å². The maximum Gasteiger partial charge on any atom is 0.257 e. The first-order valence-electron chi connectivity index (χ1n) is 7.62. The molecule has 0 atom stereocenters. The van der Waals surface area contributed by atoms with E-state index >= 15 is 0 Å². The van der Waals surface area contributed by atoms with E-state index in [-0.39, 0.29) is 12.5 Å². The number of carbonyl (C=O) groups is 1. The minimum Gasteiger partial charge on any atom is -0.483 e. The topological polar surface area (TPSA) is 51.2 Å². The number of benzene rings is 2. The molecule has 24 heavy (non-hydrogen) atoms. The summed E-state index contributed by atoms with van der Waals surface area (Å²) in [6.07, 6.45) is 0.722. The second-order valence-electron chi connectivity index (χ2n) is 5.40. The Labute approximate surface area is 153 Å². The highest BCUT2D eigenvalue weighted by atomic mass is 79.9. The molecule has 4 nitrogen and oxygen atoms in total. The van der Waals surface area contributed by atoms with E-state index in [0.717, 1.165) is 27.0 Å². The fourth-order valence-electron chi connectivity index (χ4n) is 2.25. The lowest BCUT2D eigenvalue weighted by molar-refractivity contribution is -0.123. The van der Waals surface area contributed by atoms with Gasteiger partial charge in [-0.15, -0.1) is 11.3 Å². The van der Waals surface area contributed by atoms with Gasteiger partial charge in [-0.1, -0.05) is 18.2 Å². The number of aromatic nitrogens is 1. The number of hydrogen-bond acceptors (Lipinski definition) is 4. The fraction of sp³-hybridized carbons (Fsp3) is 0.222. The van der Waals surface area contributed by atoms with Crippen molar-refractivity contribution in [3.8, 4) is 5.75 Å². The highest BCUT2D eigenvalue weighted by Crippen LogP contribution is 2.25. The van der Waals surface area contributed by atoms with Crippen LogP contribution in [0.5, 0.6) is 5.75 Å². The molecule has 3 rings (SSSR count). The fourth-order valence-corrected chi connectivity index (χ4v) is 3.83. The number of ether oxygens (including phenoxy) is 1. The van der Waals surface area contributed by atoms with Gasteiger partial charge in [0.2, 0.25) is 0 Å². The van der Waals surface area contributed by atoms with Crippen LogP contribution in [0.1, 0.15) is 10.6 Å². The van der Waals surface area contributed by atoms with Gasteiger partial charge in [0.1, 0.15) is 5.75 Å². The van der Waals surface area contributed by atoms with E-state index in [1.165, 1.54) is 4.70 Å². The molecule has 0 radical (unpaired) electrons. The van der Waals surface area contributed by atoms with Crippen LogP contribution in [0.15, 0.2) is 46.9 Å². The lowest BCUT2D eigenvalue weighted by Gasteiger charge is -2.09. The Bertz CT molecular complexity index is 830. The molecular weight excluding hydrogens is 388 g/mol. The van der Waals surface area contributed by atoms with Gasteiger partial charge in [-0.05, 0) is 52.7 Å². The zero-order valence-electron chi connectivity index (χ0n) is 13.2. The van der Waals surface area contributed by atoms with E-state index in [1.807, 2.05) is 43.3 Å². The number of thiazole rings is 1. The smallest absolute Gasteiger partial charge is 0.257 e. The number of rotatable bonds is 6. The first-order valence-corrected chi connectivity index (χ1v) is 9.23. The average Bonchev–Trinajstić information content (AvgIpc) is 2.96. The van der Waals surface area contributed by atoms with Gasteiger partial charge >= 0.3 is 0 Å². The molecule has 1 N–H and O–H groups in total. The monoisotopic (exact) mass is 404 g/mol. The molecule has 3 aromatic rings. The van der Waals surface area contributed by atoms with Crippen LogP contribution in [-0.2, 0) is 11.2 Å². The van der Waals surface area contributed by atoms with Crippen molar-refractivity contribution in [3.63, 3.8) is 0 Å². The Kier molecular flexibility index (Phi) is 5.48. The second-order valence-corrected chi connectivity index (χ2v) is 7.37. The maximum absolute atomic E-state index is 11.9. The summed E-state index contributed by atoms with van der Waals surface area (Å²) >= 11 is 5.10. The molecule has 6 heteroatoms. The number of fused-ring (bicyclic) bond motifs is 1. The molecule has 0 spiro atoms. The number of amides is 1. The van der Waals surface area contributed by atoms with E-state index in [4.69, 9.17) is 4.74 Å². The zero-order valence-corrected chi connectivity index (χ0v) is 15.6. The van der Waals surface area contributed by atoms with E-state index in [2.05, 4.69) is 32.3 Å². The Morgan fingerprint density at radius 3 is 2.92 bits per heavy atom. The van der Waals surface area contributed by atoms with Crippen molar-refractivity contribution < 1.29 is 9.53 Å². The molecule has 0 aliphatic rings. The quantitative estimate of drug-likeness (QED) is 0.672. The van der Waals surface area contributed by atoms with Gasteiger partial charge in [-0.2, -0.15) is 0 Å². The number of nitrogens with one attached hydrogen (secondary N) is 1. The summed E-state index contributed by atoms with van der Waals surface area (Å²) in [5.74, 6) is 0.533. The number of nitrogens with zero attached hydrogens (tertiary/aromatic N) is 1. The molecule has 1 amide bonds. The van der Waals surface area contributed by atoms with Crippen molar-refractivity contribution in [3.05, 3.63) is 57.5 Å². The van der Waals surface area contributed by atoms with Crippen molar-refractivity contribution in [2.24, 2.45) is 0 Å². The average molecular weight is 405 g/mol. The van der Waals surface area contributed by atoms with Crippen LogP contribution < -0.4 is 10.1 Å². The van der Waals surface area contributed by atoms with E-state index in [1.54, 1.807) is 11.3 Å². The Morgan fingerprint density at radius 2 is 2.12 bits per heavy atom. The van der Waals surface area contributed by atoms with Crippen LogP contribution >= 0.6 is 27.3 Å². The summed E-state index contributed by atoms with van der Waals surface area (Å²) in [5.41, 5.74) is 2.14. The van der Waals surface area contributed by atoms with Gasteiger partial charge in [-0.3, -0.25) is 4.79 Å². The lowest BCUT2D eigenvalue weighted by atomic mass is 10.2. The Hall–Kier alpha value is -1.92. The van der Waals surface area contributed by atoms with Crippen molar-refractivity contribution in [1.29, 1.82) is 0 Å². The number of hydrogen-bond donors (Lipinski definition) is 1. The van der Waals surface area contributed by atoms with Crippen molar-refractivity contribution >= 4 is 43.4 Å². The summed E-state index contributed by atoms with van der Waals surface area (Å²) in [4.78, 5) is 16.4. The third-order valence-electron chi connectivity index (χ3n) is 3.45. The largest absolute Gasteiger partial charge is 0.483 e. The molecule has 0 saturated heterocycles. The molecule has 0 bridgehead atoms. The lowest BCUT2D eigenvalue weighted by Crippen LogP contribution is -2.30. The first-order chi connectivity index (χ1) is 11.6. The van der Waals surface area contributed by atoms with Gasteiger partial charge in [0.25, 0.3) is 5.91 Å².